The van der Waals surface area contributed by atoms with Crippen molar-refractivity contribution in [3.8, 4) is 0 Å². The van der Waals surface area contributed by atoms with Gasteiger partial charge in [-0.15, -0.1) is 0 Å². The number of piperidine rings is 1. The summed E-state index contributed by atoms with van der Waals surface area (Å²) >= 11 is 0. The molecule has 2 aliphatic rings. The third kappa shape index (κ3) is 3.85. The number of carbonyl (C=O) groups excluding carboxylic acids is 1. The summed E-state index contributed by atoms with van der Waals surface area (Å²) in [4.78, 5) is 16.3. The van der Waals surface area contributed by atoms with Gasteiger partial charge < -0.3 is 15.1 Å². The molecule has 0 spiro atoms. The number of amides is 1. The topological polar surface area (TPSA) is 35.6 Å². The second-order valence-corrected chi connectivity index (χ2v) is 5.76. The van der Waals surface area contributed by atoms with Crippen LogP contribution in [0, 0.1) is 5.92 Å². The lowest BCUT2D eigenvalue weighted by molar-refractivity contribution is -0.180. The first-order valence-electron chi connectivity index (χ1n) is 7.15. The zero-order valence-electron chi connectivity index (χ0n) is 11.7. The summed E-state index contributed by atoms with van der Waals surface area (Å²) in [7, 11) is 2.01. The predicted octanol–water partition coefficient (Wildman–Crippen LogP) is 1.08. The fraction of sp³-hybridized carbons (Fsp3) is 0.923. The van der Waals surface area contributed by atoms with E-state index in [0.717, 1.165) is 19.5 Å². The Balaban J connectivity index is 1.85. The number of rotatable bonds is 1. The number of carbonyl (C=O) groups is 1. The van der Waals surface area contributed by atoms with E-state index in [0.29, 0.717) is 13.1 Å². The Morgan fingerprint density at radius 3 is 2.50 bits per heavy atom. The van der Waals surface area contributed by atoms with Crippen LogP contribution in [0.2, 0.25) is 0 Å². The van der Waals surface area contributed by atoms with Crippen molar-refractivity contribution in [2.75, 3.05) is 39.8 Å². The first kappa shape index (κ1) is 15.6. The van der Waals surface area contributed by atoms with Gasteiger partial charge in [0.25, 0.3) is 0 Å². The number of nitrogens with one attached hydrogen (secondary N) is 1. The second-order valence-electron chi connectivity index (χ2n) is 5.76. The van der Waals surface area contributed by atoms with Crippen LogP contribution in [-0.2, 0) is 4.79 Å². The summed E-state index contributed by atoms with van der Waals surface area (Å²) in [6.07, 6.45) is -2.93. The molecule has 0 radical (unpaired) electrons. The molecule has 0 aromatic carbocycles. The van der Waals surface area contributed by atoms with Crippen LogP contribution < -0.4 is 5.32 Å². The molecule has 0 aliphatic carbocycles. The van der Waals surface area contributed by atoms with Crippen molar-refractivity contribution in [2.45, 2.75) is 31.5 Å². The first-order valence-corrected chi connectivity index (χ1v) is 7.15. The zero-order valence-corrected chi connectivity index (χ0v) is 11.7. The molecule has 20 heavy (non-hydrogen) atoms. The minimum atomic E-state index is -4.16. The summed E-state index contributed by atoms with van der Waals surface area (Å²) in [5, 5.41) is 2.78. The molecule has 1 amide bonds. The lowest BCUT2D eigenvalue weighted by atomic mass is 9.93. The van der Waals surface area contributed by atoms with Crippen molar-refractivity contribution >= 4 is 5.91 Å². The van der Waals surface area contributed by atoms with Gasteiger partial charge in [-0.25, -0.2) is 0 Å². The highest BCUT2D eigenvalue weighted by molar-refractivity contribution is 5.82. The molecule has 2 rings (SSSR count). The Bertz CT molecular complexity index is 340. The van der Waals surface area contributed by atoms with Gasteiger partial charge in [0.2, 0.25) is 5.91 Å². The van der Waals surface area contributed by atoms with Crippen LogP contribution >= 0.6 is 0 Å². The molecule has 116 valence electrons. The van der Waals surface area contributed by atoms with E-state index in [-0.39, 0.29) is 25.3 Å². The smallest absolute Gasteiger partial charge is 0.340 e. The van der Waals surface area contributed by atoms with E-state index in [9.17, 15) is 18.0 Å². The van der Waals surface area contributed by atoms with Gasteiger partial charge in [0.1, 0.15) is 0 Å². The number of nitrogens with zero attached hydrogens (tertiary/aromatic N) is 2. The molecular formula is C13H22F3N3O. The predicted molar refractivity (Wildman–Crippen MR) is 69.3 cm³/mol. The van der Waals surface area contributed by atoms with Gasteiger partial charge in [0.15, 0.2) is 0 Å². The van der Waals surface area contributed by atoms with Crippen molar-refractivity contribution in [3.63, 3.8) is 0 Å². The van der Waals surface area contributed by atoms with E-state index in [1.165, 1.54) is 0 Å². The third-order valence-electron chi connectivity index (χ3n) is 4.21. The van der Waals surface area contributed by atoms with Gasteiger partial charge >= 0.3 is 6.18 Å². The molecule has 0 bridgehead atoms. The maximum absolute atomic E-state index is 12.6. The van der Waals surface area contributed by atoms with Crippen LogP contribution in [0.5, 0.6) is 0 Å². The Hall–Kier alpha value is -0.820. The average Bonchev–Trinajstić information content (AvgIpc) is 2.62. The van der Waals surface area contributed by atoms with Crippen LogP contribution in [0.25, 0.3) is 0 Å². The largest absolute Gasteiger partial charge is 0.393 e. The van der Waals surface area contributed by atoms with Crippen molar-refractivity contribution < 1.29 is 18.0 Å². The fourth-order valence-electron chi connectivity index (χ4n) is 2.83. The zero-order chi connectivity index (χ0) is 14.8. The molecule has 7 heteroatoms. The van der Waals surface area contributed by atoms with Gasteiger partial charge in [-0.3, -0.25) is 4.79 Å². The number of hydrogen-bond donors (Lipinski definition) is 1. The van der Waals surface area contributed by atoms with Gasteiger partial charge in [-0.2, -0.15) is 13.2 Å². The second kappa shape index (κ2) is 6.30. The highest BCUT2D eigenvalue weighted by Gasteiger charge is 2.43. The SMILES string of the molecule is CN1CCCN(C(=O)C2CCC(C(F)(F)F)CN2)CC1. The molecule has 2 atom stereocenters. The Morgan fingerprint density at radius 1 is 1.15 bits per heavy atom. The number of likely N-dealkylation sites (N-methyl/N-ethyl adjacent to an activating group) is 1. The van der Waals surface area contributed by atoms with E-state index in [1.807, 2.05) is 7.05 Å². The summed E-state index contributed by atoms with van der Waals surface area (Å²) < 4.78 is 37.7. The summed E-state index contributed by atoms with van der Waals surface area (Å²) in [5.41, 5.74) is 0. The molecule has 1 N–H and O–H groups in total. The van der Waals surface area contributed by atoms with Crippen molar-refractivity contribution in [3.05, 3.63) is 0 Å². The Morgan fingerprint density at radius 2 is 1.90 bits per heavy atom. The van der Waals surface area contributed by atoms with Crippen molar-refractivity contribution in [1.82, 2.24) is 15.1 Å². The summed E-state index contributed by atoms with van der Waals surface area (Å²) in [5.74, 6) is -1.36. The number of halogens is 3. The van der Waals surface area contributed by atoms with Gasteiger partial charge in [-0.1, -0.05) is 0 Å². The molecule has 0 aromatic heterocycles. The molecule has 2 aliphatic heterocycles. The van der Waals surface area contributed by atoms with Gasteiger partial charge in [0.05, 0.1) is 12.0 Å². The molecule has 2 fully saturated rings. The Kier molecular flexibility index (Phi) is 4.90. The minimum Gasteiger partial charge on any atom is -0.340 e. The normalized spacial score (nSPS) is 30.1. The monoisotopic (exact) mass is 293 g/mol. The van der Waals surface area contributed by atoms with Crippen LogP contribution in [0.15, 0.2) is 0 Å². The average molecular weight is 293 g/mol. The van der Waals surface area contributed by atoms with Crippen LogP contribution in [0.1, 0.15) is 19.3 Å². The molecule has 2 saturated heterocycles. The maximum atomic E-state index is 12.6. The van der Waals surface area contributed by atoms with E-state index >= 15 is 0 Å². The van der Waals surface area contributed by atoms with Crippen molar-refractivity contribution in [1.29, 1.82) is 0 Å². The van der Waals surface area contributed by atoms with E-state index in [1.54, 1.807) is 4.90 Å². The lowest BCUT2D eigenvalue weighted by Gasteiger charge is -2.33. The van der Waals surface area contributed by atoms with Gasteiger partial charge in [-0.05, 0) is 32.9 Å². The molecule has 2 unspecified atom stereocenters. The van der Waals surface area contributed by atoms with Crippen LogP contribution in [0.3, 0.4) is 0 Å². The highest BCUT2D eigenvalue weighted by atomic mass is 19.4. The maximum Gasteiger partial charge on any atom is 0.393 e. The molecule has 2 heterocycles. The highest BCUT2D eigenvalue weighted by Crippen LogP contribution is 2.32. The fourth-order valence-corrected chi connectivity index (χ4v) is 2.83. The molecule has 0 aromatic rings. The van der Waals surface area contributed by atoms with E-state index in [4.69, 9.17) is 0 Å². The third-order valence-corrected chi connectivity index (χ3v) is 4.21. The summed E-state index contributed by atoms with van der Waals surface area (Å²) in [6, 6.07) is -0.447. The molecule has 4 nitrogen and oxygen atoms in total. The standard InChI is InChI=1S/C13H22F3N3O/c1-18-5-2-6-19(8-7-18)12(20)11-4-3-10(9-17-11)13(14,15)16/h10-11,17H,2-9H2,1H3. The molecule has 0 saturated carbocycles. The first-order chi connectivity index (χ1) is 9.38. The van der Waals surface area contributed by atoms with E-state index < -0.39 is 18.1 Å². The van der Waals surface area contributed by atoms with Crippen molar-refractivity contribution in [2.24, 2.45) is 5.92 Å². The quantitative estimate of drug-likeness (QED) is 0.786. The molecular weight excluding hydrogens is 271 g/mol. The lowest BCUT2D eigenvalue weighted by Crippen LogP contribution is -2.53. The van der Waals surface area contributed by atoms with Crippen LogP contribution in [-0.4, -0.2) is 67.7 Å². The number of alkyl halides is 3. The van der Waals surface area contributed by atoms with Gasteiger partial charge in [0, 0.05) is 26.2 Å². The Labute approximate surface area is 117 Å². The number of hydrogen-bond acceptors (Lipinski definition) is 3. The minimum absolute atomic E-state index is 0.0408. The summed E-state index contributed by atoms with van der Waals surface area (Å²) in [6.45, 7) is 3.00. The van der Waals surface area contributed by atoms with E-state index in [2.05, 4.69) is 10.2 Å². The van der Waals surface area contributed by atoms with Crippen LogP contribution in [0.4, 0.5) is 13.2 Å².